The molecule has 1 atom stereocenters. The molecule has 4 nitrogen and oxygen atoms in total. The number of anilines is 2. The zero-order valence-electron chi connectivity index (χ0n) is 13.1. The molecular weight excluding hydrogens is 276 g/mol. The molecule has 0 saturated carbocycles. The SMILES string of the molecule is CC1COc2ccccc2N1C(=O)c1cccc(N(C)C)c1. The minimum Gasteiger partial charge on any atom is -0.489 e. The van der Waals surface area contributed by atoms with Crippen molar-refractivity contribution < 1.29 is 9.53 Å². The zero-order chi connectivity index (χ0) is 15.7. The molecule has 22 heavy (non-hydrogen) atoms. The van der Waals surface area contributed by atoms with E-state index in [2.05, 4.69) is 0 Å². The van der Waals surface area contributed by atoms with Crippen molar-refractivity contribution in [1.29, 1.82) is 0 Å². The molecule has 1 aliphatic rings. The quantitative estimate of drug-likeness (QED) is 0.853. The van der Waals surface area contributed by atoms with Gasteiger partial charge in [-0.3, -0.25) is 9.69 Å². The first-order valence-corrected chi connectivity index (χ1v) is 7.40. The fourth-order valence-corrected chi connectivity index (χ4v) is 2.67. The Balaban J connectivity index is 2.00. The van der Waals surface area contributed by atoms with E-state index in [1.165, 1.54) is 0 Å². The Morgan fingerprint density at radius 2 is 1.95 bits per heavy atom. The third-order valence-electron chi connectivity index (χ3n) is 3.87. The van der Waals surface area contributed by atoms with E-state index in [1.54, 1.807) is 0 Å². The Morgan fingerprint density at radius 3 is 2.73 bits per heavy atom. The van der Waals surface area contributed by atoms with Gasteiger partial charge in [0.25, 0.3) is 5.91 Å². The summed E-state index contributed by atoms with van der Waals surface area (Å²) in [6, 6.07) is 15.4. The van der Waals surface area contributed by atoms with E-state index in [9.17, 15) is 4.79 Å². The number of hydrogen-bond acceptors (Lipinski definition) is 3. The van der Waals surface area contributed by atoms with Gasteiger partial charge in [0.2, 0.25) is 0 Å². The molecule has 1 aliphatic heterocycles. The molecule has 1 unspecified atom stereocenters. The molecule has 0 aliphatic carbocycles. The highest BCUT2D eigenvalue weighted by Crippen LogP contribution is 2.34. The largest absolute Gasteiger partial charge is 0.489 e. The number of carbonyl (C=O) groups is 1. The normalized spacial score (nSPS) is 16.7. The molecule has 0 bridgehead atoms. The number of carbonyl (C=O) groups excluding carboxylic acids is 1. The van der Waals surface area contributed by atoms with Gasteiger partial charge < -0.3 is 9.64 Å². The summed E-state index contributed by atoms with van der Waals surface area (Å²) in [6.07, 6.45) is 0. The van der Waals surface area contributed by atoms with Crippen LogP contribution >= 0.6 is 0 Å². The van der Waals surface area contributed by atoms with Crippen LogP contribution < -0.4 is 14.5 Å². The average molecular weight is 296 g/mol. The molecule has 0 aromatic heterocycles. The number of benzene rings is 2. The first-order chi connectivity index (χ1) is 10.6. The Kier molecular flexibility index (Phi) is 3.75. The Morgan fingerprint density at radius 1 is 1.18 bits per heavy atom. The van der Waals surface area contributed by atoms with Crippen molar-refractivity contribution in [3.63, 3.8) is 0 Å². The van der Waals surface area contributed by atoms with Crippen LogP contribution in [0.15, 0.2) is 48.5 Å². The Bertz CT molecular complexity index is 697. The predicted molar refractivity (Wildman–Crippen MR) is 89.0 cm³/mol. The smallest absolute Gasteiger partial charge is 0.258 e. The lowest BCUT2D eigenvalue weighted by molar-refractivity contribution is 0.0961. The average Bonchev–Trinajstić information content (AvgIpc) is 2.54. The van der Waals surface area contributed by atoms with E-state index >= 15 is 0 Å². The van der Waals surface area contributed by atoms with Crippen LogP contribution in [0.2, 0.25) is 0 Å². The number of fused-ring (bicyclic) bond motifs is 1. The molecule has 2 aromatic carbocycles. The molecule has 0 spiro atoms. The van der Waals surface area contributed by atoms with Crippen LogP contribution in [-0.2, 0) is 0 Å². The molecule has 1 heterocycles. The first kappa shape index (κ1) is 14.4. The second-order valence-corrected chi connectivity index (χ2v) is 5.75. The van der Waals surface area contributed by atoms with Crippen LogP contribution in [0, 0.1) is 0 Å². The number of ether oxygens (including phenoxy) is 1. The topological polar surface area (TPSA) is 32.8 Å². The van der Waals surface area contributed by atoms with Crippen molar-refractivity contribution in [2.45, 2.75) is 13.0 Å². The van der Waals surface area contributed by atoms with Crippen LogP contribution in [0.1, 0.15) is 17.3 Å². The maximum Gasteiger partial charge on any atom is 0.258 e. The molecular formula is C18H20N2O2. The zero-order valence-corrected chi connectivity index (χ0v) is 13.1. The molecule has 4 heteroatoms. The summed E-state index contributed by atoms with van der Waals surface area (Å²) in [6.45, 7) is 2.51. The molecule has 2 aromatic rings. The van der Waals surface area contributed by atoms with Gasteiger partial charge >= 0.3 is 0 Å². The number of para-hydroxylation sites is 2. The third kappa shape index (κ3) is 2.52. The number of hydrogen-bond donors (Lipinski definition) is 0. The van der Waals surface area contributed by atoms with Gasteiger partial charge in [0.15, 0.2) is 0 Å². The monoisotopic (exact) mass is 296 g/mol. The van der Waals surface area contributed by atoms with Gasteiger partial charge in [0.05, 0.1) is 11.7 Å². The number of rotatable bonds is 2. The lowest BCUT2D eigenvalue weighted by Crippen LogP contribution is -2.45. The van der Waals surface area contributed by atoms with Crippen LogP contribution in [0.25, 0.3) is 0 Å². The first-order valence-electron chi connectivity index (χ1n) is 7.40. The fourth-order valence-electron chi connectivity index (χ4n) is 2.67. The van der Waals surface area contributed by atoms with Crippen LogP contribution in [0.3, 0.4) is 0 Å². The van der Waals surface area contributed by atoms with Crippen molar-refractivity contribution in [2.75, 3.05) is 30.5 Å². The van der Waals surface area contributed by atoms with Crippen molar-refractivity contribution in [1.82, 2.24) is 0 Å². The summed E-state index contributed by atoms with van der Waals surface area (Å²) in [4.78, 5) is 16.8. The van der Waals surface area contributed by atoms with Gasteiger partial charge in [-0.2, -0.15) is 0 Å². The van der Waals surface area contributed by atoms with Crippen LogP contribution in [0.5, 0.6) is 5.75 Å². The molecule has 0 fully saturated rings. The molecule has 1 amide bonds. The standard InChI is InChI=1S/C18H20N2O2/c1-13-12-22-17-10-5-4-9-16(17)20(13)18(21)14-7-6-8-15(11-14)19(2)3/h4-11,13H,12H2,1-3H3. The molecule has 0 radical (unpaired) electrons. The number of nitrogens with zero attached hydrogens (tertiary/aromatic N) is 2. The summed E-state index contributed by atoms with van der Waals surface area (Å²) in [7, 11) is 3.94. The van der Waals surface area contributed by atoms with E-state index in [0.29, 0.717) is 12.2 Å². The second-order valence-electron chi connectivity index (χ2n) is 5.75. The van der Waals surface area contributed by atoms with Gasteiger partial charge in [-0.1, -0.05) is 18.2 Å². The van der Waals surface area contributed by atoms with Crippen molar-refractivity contribution in [3.8, 4) is 5.75 Å². The van der Waals surface area contributed by atoms with E-state index in [4.69, 9.17) is 4.74 Å². The Labute approximate surface area is 130 Å². The van der Waals surface area contributed by atoms with E-state index in [1.807, 2.05) is 79.3 Å². The van der Waals surface area contributed by atoms with E-state index in [-0.39, 0.29) is 11.9 Å². The van der Waals surface area contributed by atoms with Gasteiger partial charge in [0.1, 0.15) is 12.4 Å². The van der Waals surface area contributed by atoms with Crippen LogP contribution in [0.4, 0.5) is 11.4 Å². The highest BCUT2D eigenvalue weighted by molar-refractivity contribution is 6.08. The summed E-state index contributed by atoms with van der Waals surface area (Å²) < 4.78 is 5.71. The van der Waals surface area contributed by atoms with Crippen molar-refractivity contribution in [2.24, 2.45) is 0 Å². The van der Waals surface area contributed by atoms with Gasteiger partial charge in [0, 0.05) is 25.3 Å². The molecule has 114 valence electrons. The van der Waals surface area contributed by atoms with Gasteiger partial charge in [-0.25, -0.2) is 0 Å². The summed E-state index contributed by atoms with van der Waals surface area (Å²) in [5.41, 5.74) is 2.54. The molecule has 0 saturated heterocycles. The highest BCUT2D eigenvalue weighted by atomic mass is 16.5. The maximum absolute atomic E-state index is 13.0. The van der Waals surface area contributed by atoms with Crippen LogP contribution in [-0.4, -0.2) is 32.7 Å². The van der Waals surface area contributed by atoms with E-state index < -0.39 is 0 Å². The second kappa shape index (κ2) is 5.72. The summed E-state index contributed by atoms with van der Waals surface area (Å²) in [5.74, 6) is 0.768. The van der Waals surface area contributed by atoms with Crippen molar-refractivity contribution in [3.05, 3.63) is 54.1 Å². The highest BCUT2D eigenvalue weighted by Gasteiger charge is 2.30. The minimum atomic E-state index is 0.00501. The summed E-state index contributed by atoms with van der Waals surface area (Å²) in [5, 5.41) is 0. The lowest BCUT2D eigenvalue weighted by Gasteiger charge is -2.35. The summed E-state index contributed by atoms with van der Waals surface area (Å²) >= 11 is 0. The number of amides is 1. The van der Waals surface area contributed by atoms with Gasteiger partial charge in [-0.05, 0) is 37.3 Å². The molecule has 0 N–H and O–H groups in total. The molecule has 3 rings (SSSR count). The lowest BCUT2D eigenvalue weighted by atomic mass is 10.1. The van der Waals surface area contributed by atoms with E-state index in [0.717, 1.165) is 17.1 Å². The maximum atomic E-state index is 13.0. The van der Waals surface area contributed by atoms with Crippen molar-refractivity contribution >= 4 is 17.3 Å². The van der Waals surface area contributed by atoms with Gasteiger partial charge in [-0.15, -0.1) is 0 Å². The minimum absolute atomic E-state index is 0.00501. The fraction of sp³-hybridized carbons (Fsp3) is 0.278. The third-order valence-corrected chi connectivity index (χ3v) is 3.87. The predicted octanol–water partition coefficient (Wildman–Crippen LogP) is 3.18. The Hall–Kier alpha value is -2.49.